The van der Waals surface area contributed by atoms with Crippen molar-refractivity contribution < 1.29 is 0 Å². The van der Waals surface area contributed by atoms with Gasteiger partial charge in [0.1, 0.15) is 24.0 Å². The predicted octanol–water partition coefficient (Wildman–Crippen LogP) is 1.57. The highest BCUT2D eigenvalue weighted by Gasteiger charge is 2.25. The molecular formula is C17H18N8. The molecule has 3 aromatic rings. The summed E-state index contributed by atoms with van der Waals surface area (Å²) < 4.78 is 1.76. The standard InChI is InChI=1S/C17H18N8/c1-24-16-14(9-23-24)17(22-11-21-16)25-6-4-12(10-25)8-20-15-13(7-18)3-2-5-19-15/h2-3,5,9,11-12H,4,6,8,10H2,1H3,(H,19,20)/t12-/m0/s1. The number of fused-ring (bicyclic) bond motifs is 1. The van der Waals surface area contributed by atoms with Crippen LogP contribution in [0.15, 0.2) is 30.9 Å². The van der Waals surface area contributed by atoms with E-state index in [4.69, 9.17) is 5.26 Å². The first-order chi connectivity index (χ1) is 12.3. The summed E-state index contributed by atoms with van der Waals surface area (Å²) in [4.78, 5) is 15.3. The molecule has 3 aromatic heterocycles. The van der Waals surface area contributed by atoms with Crippen molar-refractivity contribution in [2.45, 2.75) is 6.42 Å². The average Bonchev–Trinajstić information content (AvgIpc) is 3.27. The molecule has 126 valence electrons. The minimum Gasteiger partial charge on any atom is -0.369 e. The van der Waals surface area contributed by atoms with Crippen LogP contribution in [0.2, 0.25) is 0 Å². The third kappa shape index (κ3) is 2.85. The smallest absolute Gasteiger partial charge is 0.163 e. The van der Waals surface area contributed by atoms with Gasteiger partial charge in [-0.05, 0) is 24.5 Å². The number of nitrogens with zero attached hydrogens (tertiary/aromatic N) is 7. The summed E-state index contributed by atoms with van der Waals surface area (Å²) in [6, 6.07) is 5.71. The fraction of sp³-hybridized carbons (Fsp3) is 0.353. The van der Waals surface area contributed by atoms with Gasteiger partial charge in [-0.3, -0.25) is 4.68 Å². The summed E-state index contributed by atoms with van der Waals surface area (Å²) in [6.07, 6.45) is 6.18. The van der Waals surface area contributed by atoms with E-state index in [1.165, 1.54) is 0 Å². The van der Waals surface area contributed by atoms with E-state index in [1.54, 1.807) is 29.3 Å². The van der Waals surface area contributed by atoms with Crippen molar-refractivity contribution in [2.24, 2.45) is 13.0 Å². The summed E-state index contributed by atoms with van der Waals surface area (Å²) in [7, 11) is 1.88. The molecule has 1 atom stereocenters. The van der Waals surface area contributed by atoms with Crippen molar-refractivity contribution in [1.82, 2.24) is 24.7 Å². The van der Waals surface area contributed by atoms with Gasteiger partial charge in [0.05, 0.1) is 17.1 Å². The molecule has 1 N–H and O–H groups in total. The molecule has 0 aromatic carbocycles. The van der Waals surface area contributed by atoms with E-state index in [1.807, 2.05) is 13.2 Å². The Morgan fingerprint density at radius 3 is 3.16 bits per heavy atom. The maximum atomic E-state index is 9.14. The molecule has 0 aliphatic carbocycles. The van der Waals surface area contributed by atoms with Gasteiger partial charge in [-0.15, -0.1) is 0 Å². The monoisotopic (exact) mass is 334 g/mol. The lowest BCUT2D eigenvalue weighted by atomic mass is 10.1. The Morgan fingerprint density at radius 1 is 1.36 bits per heavy atom. The predicted molar refractivity (Wildman–Crippen MR) is 94.1 cm³/mol. The Labute approximate surface area is 145 Å². The van der Waals surface area contributed by atoms with Crippen LogP contribution in [0.3, 0.4) is 0 Å². The molecule has 8 heteroatoms. The van der Waals surface area contributed by atoms with Crippen LogP contribution in [-0.4, -0.2) is 44.4 Å². The molecule has 0 radical (unpaired) electrons. The van der Waals surface area contributed by atoms with Crippen molar-refractivity contribution in [1.29, 1.82) is 5.26 Å². The Bertz CT molecular complexity index is 941. The number of nitrogens with one attached hydrogen (secondary N) is 1. The van der Waals surface area contributed by atoms with Crippen LogP contribution in [0, 0.1) is 17.2 Å². The molecule has 8 nitrogen and oxygen atoms in total. The normalized spacial score (nSPS) is 17.0. The zero-order valence-corrected chi connectivity index (χ0v) is 13.9. The Morgan fingerprint density at radius 2 is 2.28 bits per heavy atom. The summed E-state index contributed by atoms with van der Waals surface area (Å²) >= 11 is 0. The minimum absolute atomic E-state index is 0.468. The van der Waals surface area contributed by atoms with Gasteiger partial charge < -0.3 is 10.2 Å². The fourth-order valence-electron chi connectivity index (χ4n) is 3.27. The van der Waals surface area contributed by atoms with Crippen LogP contribution in [0.5, 0.6) is 0 Å². The van der Waals surface area contributed by atoms with E-state index in [0.717, 1.165) is 42.9 Å². The van der Waals surface area contributed by atoms with Gasteiger partial charge in [-0.25, -0.2) is 15.0 Å². The summed E-state index contributed by atoms with van der Waals surface area (Å²) in [6.45, 7) is 2.63. The quantitative estimate of drug-likeness (QED) is 0.773. The first-order valence-electron chi connectivity index (χ1n) is 8.23. The summed E-state index contributed by atoms with van der Waals surface area (Å²) in [5, 5.41) is 17.7. The summed E-state index contributed by atoms with van der Waals surface area (Å²) in [5.74, 6) is 2.06. The Hall–Kier alpha value is -3.21. The number of aromatic nitrogens is 5. The molecule has 0 spiro atoms. The van der Waals surface area contributed by atoms with Crippen LogP contribution in [0.25, 0.3) is 11.0 Å². The van der Waals surface area contributed by atoms with Crippen LogP contribution in [0.4, 0.5) is 11.6 Å². The molecule has 25 heavy (non-hydrogen) atoms. The summed E-state index contributed by atoms with van der Waals surface area (Å²) in [5.41, 5.74) is 1.42. The largest absolute Gasteiger partial charge is 0.369 e. The molecule has 0 unspecified atom stereocenters. The zero-order valence-electron chi connectivity index (χ0n) is 13.9. The Balaban J connectivity index is 1.45. The highest BCUT2D eigenvalue weighted by Crippen LogP contribution is 2.27. The molecule has 1 fully saturated rings. The van der Waals surface area contributed by atoms with Crippen molar-refractivity contribution >= 4 is 22.7 Å². The molecule has 4 rings (SSSR count). The number of hydrogen-bond acceptors (Lipinski definition) is 7. The lowest BCUT2D eigenvalue weighted by Gasteiger charge is -2.18. The first-order valence-corrected chi connectivity index (χ1v) is 8.23. The third-order valence-corrected chi connectivity index (χ3v) is 4.58. The van der Waals surface area contributed by atoms with Crippen LogP contribution < -0.4 is 10.2 Å². The topological polar surface area (TPSA) is 95.6 Å². The Kier molecular flexibility index (Phi) is 3.90. The van der Waals surface area contributed by atoms with E-state index in [-0.39, 0.29) is 0 Å². The van der Waals surface area contributed by atoms with Crippen molar-refractivity contribution in [3.8, 4) is 6.07 Å². The van der Waals surface area contributed by atoms with Gasteiger partial charge in [0.15, 0.2) is 5.65 Å². The maximum absolute atomic E-state index is 9.14. The molecule has 1 aliphatic rings. The number of hydrogen-bond donors (Lipinski definition) is 1. The molecule has 4 heterocycles. The van der Waals surface area contributed by atoms with E-state index in [0.29, 0.717) is 17.3 Å². The maximum Gasteiger partial charge on any atom is 0.163 e. The highest BCUT2D eigenvalue weighted by atomic mass is 15.3. The second-order valence-electron chi connectivity index (χ2n) is 6.20. The lowest BCUT2D eigenvalue weighted by Crippen LogP contribution is -2.23. The lowest BCUT2D eigenvalue weighted by molar-refractivity contribution is 0.621. The fourth-order valence-corrected chi connectivity index (χ4v) is 3.27. The van der Waals surface area contributed by atoms with Crippen molar-refractivity contribution in [3.05, 3.63) is 36.4 Å². The van der Waals surface area contributed by atoms with Gasteiger partial charge in [0.25, 0.3) is 0 Å². The number of rotatable bonds is 4. The van der Waals surface area contributed by atoms with Gasteiger partial charge >= 0.3 is 0 Å². The highest BCUT2D eigenvalue weighted by molar-refractivity contribution is 5.86. The van der Waals surface area contributed by atoms with Crippen LogP contribution in [0.1, 0.15) is 12.0 Å². The van der Waals surface area contributed by atoms with Crippen LogP contribution >= 0.6 is 0 Å². The minimum atomic E-state index is 0.468. The zero-order chi connectivity index (χ0) is 17.2. The molecule has 0 amide bonds. The molecule has 1 aliphatic heterocycles. The SMILES string of the molecule is Cn1ncc2c(N3CC[C@@H](CNc4ncccc4C#N)C3)ncnc21. The molecular weight excluding hydrogens is 316 g/mol. The van der Waals surface area contributed by atoms with Gasteiger partial charge in [0, 0.05) is 32.9 Å². The van der Waals surface area contributed by atoms with Crippen LogP contribution in [-0.2, 0) is 7.05 Å². The van der Waals surface area contributed by atoms with Crippen molar-refractivity contribution in [3.63, 3.8) is 0 Å². The number of aryl methyl sites for hydroxylation is 1. The molecule has 0 bridgehead atoms. The van der Waals surface area contributed by atoms with E-state index in [9.17, 15) is 0 Å². The molecule has 1 saturated heterocycles. The first kappa shape index (κ1) is 15.3. The van der Waals surface area contributed by atoms with Gasteiger partial charge in [-0.1, -0.05) is 0 Å². The van der Waals surface area contributed by atoms with E-state index < -0.39 is 0 Å². The van der Waals surface area contributed by atoms with E-state index >= 15 is 0 Å². The average molecular weight is 334 g/mol. The number of pyridine rings is 1. The number of nitriles is 1. The molecule has 0 saturated carbocycles. The number of anilines is 2. The second kappa shape index (κ2) is 6.36. The van der Waals surface area contributed by atoms with E-state index in [2.05, 4.69) is 36.3 Å². The third-order valence-electron chi connectivity index (χ3n) is 4.58. The van der Waals surface area contributed by atoms with Gasteiger partial charge in [-0.2, -0.15) is 10.4 Å². The second-order valence-corrected chi connectivity index (χ2v) is 6.20. The van der Waals surface area contributed by atoms with Gasteiger partial charge in [0.2, 0.25) is 0 Å². The van der Waals surface area contributed by atoms with Crippen molar-refractivity contribution in [2.75, 3.05) is 29.9 Å².